The van der Waals surface area contributed by atoms with E-state index in [2.05, 4.69) is 16.3 Å². The number of ketones is 1. The van der Waals surface area contributed by atoms with Crippen molar-refractivity contribution < 1.29 is 37.1 Å². The zero-order chi connectivity index (χ0) is 35.2. The first-order chi connectivity index (χ1) is 22.4. The SMILES string of the molecule is C=C[C@@H]1C[C@]1(CC(=O)[C@@H]1C[C@@H](Oc2nccc3cc(C)ccc23)CN1C(=O)[C@@H](CC(=O)OC(C)(C)C)C(C)C)C(=O)NS(=O)(=O)C1CC1. The molecule has 1 aliphatic heterocycles. The monoisotopic (exact) mass is 681 g/mol. The van der Waals surface area contributed by atoms with Crippen molar-refractivity contribution >= 4 is 44.4 Å². The highest BCUT2D eigenvalue weighted by Crippen LogP contribution is 2.57. The van der Waals surface area contributed by atoms with Crippen LogP contribution in [-0.4, -0.2) is 71.4 Å². The maximum absolute atomic E-state index is 14.3. The van der Waals surface area contributed by atoms with Crippen LogP contribution in [0.15, 0.2) is 43.1 Å². The number of esters is 1. The number of likely N-dealkylation sites (tertiary alicyclic amines) is 1. The van der Waals surface area contributed by atoms with Crippen LogP contribution in [-0.2, 0) is 33.9 Å². The van der Waals surface area contributed by atoms with Gasteiger partial charge in [0, 0.05) is 24.4 Å². The van der Waals surface area contributed by atoms with Crippen molar-refractivity contribution in [1.82, 2.24) is 14.6 Å². The summed E-state index contributed by atoms with van der Waals surface area (Å²) in [4.78, 5) is 60.7. The second-order valence-electron chi connectivity index (χ2n) is 15.0. The van der Waals surface area contributed by atoms with E-state index in [9.17, 15) is 27.6 Å². The van der Waals surface area contributed by atoms with Crippen molar-refractivity contribution in [3.8, 4) is 5.88 Å². The van der Waals surface area contributed by atoms with E-state index in [4.69, 9.17) is 9.47 Å². The highest BCUT2D eigenvalue weighted by Gasteiger charge is 2.61. The minimum atomic E-state index is -3.83. The molecule has 2 heterocycles. The van der Waals surface area contributed by atoms with E-state index in [1.807, 2.05) is 45.0 Å². The van der Waals surface area contributed by atoms with Crippen LogP contribution >= 0.6 is 0 Å². The van der Waals surface area contributed by atoms with Gasteiger partial charge in [0.15, 0.2) is 5.78 Å². The molecular weight excluding hydrogens is 634 g/mol. The van der Waals surface area contributed by atoms with Gasteiger partial charge in [-0.15, -0.1) is 6.58 Å². The molecule has 1 N–H and O–H groups in total. The van der Waals surface area contributed by atoms with Crippen LogP contribution in [0.5, 0.6) is 5.88 Å². The van der Waals surface area contributed by atoms with E-state index in [0.717, 1.165) is 16.3 Å². The summed E-state index contributed by atoms with van der Waals surface area (Å²) in [5.74, 6) is -3.01. The van der Waals surface area contributed by atoms with Gasteiger partial charge >= 0.3 is 5.97 Å². The van der Waals surface area contributed by atoms with Crippen LogP contribution in [0.3, 0.4) is 0 Å². The van der Waals surface area contributed by atoms with Crippen LogP contribution in [0.4, 0.5) is 0 Å². The number of rotatable bonds is 13. The number of hydrogen-bond acceptors (Lipinski definition) is 9. The van der Waals surface area contributed by atoms with E-state index in [1.165, 1.54) is 4.90 Å². The van der Waals surface area contributed by atoms with Crippen molar-refractivity contribution in [3.05, 3.63) is 48.7 Å². The minimum absolute atomic E-state index is 0.0663. The number of Topliss-reactive ketones (excluding diaryl/α,β-unsaturated/α-hetero) is 1. The number of allylic oxidation sites excluding steroid dienone is 1. The molecule has 0 spiro atoms. The smallest absolute Gasteiger partial charge is 0.307 e. The lowest BCUT2D eigenvalue weighted by Crippen LogP contribution is -2.47. The number of nitrogens with zero attached hydrogens (tertiary/aromatic N) is 2. The van der Waals surface area contributed by atoms with Crippen LogP contribution in [0.25, 0.3) is 10.8 Å². The molecule has 0 unspecified atom stereocenters. The van der Waals surface area contributed by atoms with Gasteiger partial charge in [-0.05, 0) is 76.3 Å². The Hall–Kier alpha value is -3.80. The molecule has 12 heteroatoms. The number of pyridine rings is 1. The molecule has 5 rings (SSSR count). The standard InChI is InChI=1S/C36H47N3O8S/c1-8-24-18-36(24,34(43)38-48(44,45)26-10-11-26)19-30(40)29-16-25(46-32-27-12-9-22(4)15-23(27)13-14-37-32)20-39(29)33(42)28(21(2)3)17-31(41)47-35(5,6)7/h8-9,12-15,21,24-26,28-29H,1,10-11,16-20H2,2-7H3,(H,38,43)/t24-,25-,28+,29+,36-/m1/s1. The third kappa shape index (κ3) is 7.74. The topological polar surface area (TPSA) is 149 Å². The second-order valence-corrected chi connectivity index (χ2v) is 16.9. The number of nitrogens with one attached hydrogen (secondary N) is 1. The van der Waals surface area contributed by atoms with Gasteiger partial charge in [0.1, 0.15) is 11.7 Å². The number of carbonyl (C=O) groups is 4. The Morgan fingerprint density at radius 2 is 1.88 bits per heavy atom. The van der Waals surface area contributed by atoms with Crippen molar-refractivity contribution in [1.29, 1.82) is 0 Å². The summed E-state index contributed by atoms with van der Waals surface area (Å²) in [6.07, 6.45) is 3.59. The number of aromatic nitrogens is 1. The van der Waals surface area contributed by atoms with Gasteiger partial charge in [-0.3, -0.25) is 23.9 Å². The Kier molecular flexibility index (Phi) is 9.80. The predicted octanol–water partition coefficient (Wildman–Crippen LogP) is 4.66. The zero-order valence-corrected chi connectivity index (χ0v) is 29.5. The lowest BCUT2D eigenvalue weighted by molar-refractivity contribution is -0.159. The van der Waals surface area contributed by atoms with Gasteiger partial charge in [0.2, 0.25) is 27.7 Å². The fourth-order valence-electron chi connectivity index (χ4n) is 6.65. The van der Waals surface area contributed by atoms with Crippen molar-refractivity contribution in [2.45, 2.75) is 103 Å². The molecule has 260 valence electrons. The molecule has 1 saturated heterocycles. The Labute approximate surface area is 282 Å². The number of aryl methyl sites for hydroxylation is 1. The van der Waals surface area contributed by atoms with Gasteiger partial charge in [0.05, 0.1) is 35.6 Å². The molecule has 1 aromatic heterocycles. The molecule has 48 heavy (non-hydrogen) atoms. The highest BCUT2D eigenvalue weighted by atomic mass is 32.2. The van der Waals surface area contributed by atoms with E-state index in [1.54, 1.807) is 33.0 Å². The highest BCUT2D eigenvalue weighted by molar-refractivity contribution is 7.90. The van der Waals surface area contributed by atoms with Crippen LogP contribution < -0.4 is 9.46 Å². The molecule has 2 aromatic rings. The van der Waals surface area contributed by atoms with Crippen molar-refractivity contribution in [2.75, 3.05) is 6.54 Å². The Bertz CT molecular complexity index is 1730. The Morgan fingerprint density at radius 3 is 2.48 bits per heavy atom. The molecule has 3 aliphatic rings. The summed E-state index contributed by atoms with van der Waals surface area (Å²) in [6.45, 7) is 14.8. The maximum atomic E-state index is 14.3. The lowest BCUT2D eigenvalue weighted by Gasteiger charge is -2.31. The molecular formula is C36H47N3O8S. The fraction of sp³-hybridized carbons (Fsp3) is 0.583. The summed E-state index contributed by atoms with van der Waals surface area (Å²) in [5, 5.41) is 1.13. The van der Waals surface area contributed by atoms with Crippen LogP contribution in [0, 0.1) is 30.1 Å². The Balaban J connectivity index is 1.42. The normalized spacial score (nSPS) is 24.6. The molecule has 11 nitrogen and oxygen atoms in total. The largest absolute Gasteiger partial charge is 0.472 e. The van der Waals surface area contributed by atoms with Crippen LogP contribution in [0.1, 0.15) is 78.7 Å². The summed E-state index contributed by atoms with van der Waals surface area (Å²) < 4.78 is 39.4. The van der Waals surface area contributed by atoms with Crippen LogP contribution in [0.2, 0.25) is 0 Å². The summed E-state index contributed by atoms with van der Waals surface area (Å²) >= 11 is 0. The third-order valence-corrected chi connectivity index (χ3v) is 11.4. The quantitative estimate of drug-likeness (QED) is 0.235. The maximum Gasteiger partial charge on any atom is 0.307 e. The van der Waals surface area contributed by atoms with Gasteiger partial charge in [-0.2, -0.15) is 0 Å². The predicted molar refractivity (Wildman–Crippen MR) is 180 cm³/mol. The number of ether oxygens (including phenoxy) is 2. The van der Waals surface area contributed by atoms with E-state index >= 15 is 0 Å². The zero-order valence-electron chi connectivity index (χ0n) is 28.7. The van der Waals surface area contributed by atoms with Gasteiger partial charge in [-0.1, -0.05) is 37.6 Å². The Morgan fingerprint density at radius 1 is 1.17 bits per heavy atom. The van der Waals surface area contributed by atoms with E-state index in [-0.39, 0.29) is 55.8 Å². The lowest BCUT2D eigenvalue weighted by atomic mass is 9.89. The number of benzene rings is 1. The minimum Gasteiger partial charge on any atom is -0.472 e. The molecule has 5 atom stereocenters. The molecule has 3 fully saturated rings. The first-order valence-electron chi connectivity index (χ1n) is 16.7. The summed E-state index contributed by atoms with van der Waals surface area (Å²) in [6, 6.07) is 6.82. The number of sulfonamides is 1. The van der Waals surface area contributed by atoms with E-state index in [0.29, 0.717) is 18.7 Å². The molecule has 1 aromatic carbocycles. The van der Waals surface area contributed by atoms with Crippen molar-refractivity contribution in [2.24, 2.45) is 23.2 Å². The second kappa shape index (κ2) is 13.2. The molecule has 0 bridgehead atoms. The summed E-state index contributed by atoms with van der Waals surface area (Å²) in [7, 11) is -3.83. The summed E-state index contributed by atoms with van der Waals surface area (Å²) in [5.41, 5.74) is -0.921. The molecule has 2 amide bonds. The number of amides is 2. The van der Waals surface area contributed by atoms with Gasteiger partial charge < -0.3 is 14.4 Å². The van der Waals surface area contributed by atoms with Gasteiger partial charge in [-0.25, -0.2) is 13.4 Å². The third-order valence-electron chi connectivity index (χ3n) is 9.57. The number of fused-ring (bicyclic) bond motifs is 1. The molecule has 2 saturated carbocycles. The molecule has 0 radical (unpaired) electrons. The molecule has 2 aliphatic carbocycles. The average Bonchev–Trinajstić information content (AvgIpc) is 3.91. The van der Waals surface area contributed by atoms with Gasteiger partial charge in [0.25, 0.3) is 0 Å². The first-order valence-corrected chi connectivity index (χ1v) is 18.2. The fourth-order valence-corrected chi connectivity index (χ4v) is 8.03. The van der Waals surface area contributed by atoms with Crippen molar-refractivity contribution in [3.63, 3.8) is 0 Å². The first kappa shape index (κ1) is 35.5. The van der Waals surface area contributed by atoms with E-state index < -0.39 is 56.2 Å². The average molecular weight is 682 g/mol. The number of carbonyl (C=O) groups excluding carboxylic acids is 4. The number of hydrogen-bond donors (Lipinski definition) is 1.